The minimum Gasteiger partial charge on any atom is -0.494 e. The maximum atomic E-state index is 13.8. The van der Waals surface area contributed by atoms with Crippen LogP contribution in [-0.4, -0.2) is 36.3 Å². The summed E-state index contributed by atoms with van der Waals surface area (Å²) >= 11 is 0. The summed E-state index contributed by atoms with van der Waals surface area (Å²) in [4.78, 5) is 25.2. The van der Waals surface area contributed by atoms with Crippen LogP contribution in [0.1, 0.15) is 19.8 Å². The summed E-state index contributed by atoms with van der Waals surface area (Å²) in [7, 11) is 0. The second kappa shape index (κ2) is 9.61. The maximum absolute atomic E-state index is 13.8. The van der Waals surface area contributed by atoms with Crippen LogP contribution >= 0.6 is 0 Å². The van der Waals surface area contributed by atoms with Gasteiger partial charge in [-0.3, -0.25) is 4.79 Å². The van der Waals surface area contributed by atoms with Gasteiger partial charge in [0.15, 0.2) is 5.65 Å². The lowest BCUT2D eigenvalue weighted by molar-refractivity contribution is -0.117. The Morgan fingerprint density at radius 3 is 2.61 bits per heavy atom. The molecule has 5 rings (SSSR count). The molecule has 0 unspecified atom stereocenters. The number of nitrogens with zero attached hydrogens (tertiary/aromatic N) is 5. The highest BCUT2D eigenvalue weighted by molar-refractivity contribution is 5.90. The van der Waals surface area contributed by atoms with E-state index in [0.717, 1.165) is 41.0 Å². The molecule has 36 heavy (non-hydrogen) atoms. The predicted octanol–water partition coefficient (Wildman–Crippen LogP) is 3.91. The van der Waals surface area contributed by atoms with Gasteiger partial charge in [-0.05, 0) is 48.9 Å². The normalized spacial score (nSPS) is 11.3. The maximum Gasteiger partial charge on any atom is 0.350 e. The van der Waals surface area contributed by atoms with Crippen molar-refractivity contribution in [3.8, 4) is 17.0 Å². The molecule has 0 bridgehead atoms. The summed E-state index contributed by atoms with van der Waals surface area (Å²) in [6.07, 6.45) is 5.17. The SMILES string of the molecule is CCCCOc1ccc(-c2cc3c4nn(CC(=O)Nc5ccc(F)cc5F)c(=O)n4ccn3n2)cc1. The Morgan fingerprint density at radius 1 is 1.06 bits per heavy atom. The fourth-order valence-corrected chi connectivity index (χ4v) is 3.75. The number of unbranched alkanes of at least 4 members (excludes halogenated alkanes) is 1. The van der Waals surface area contributed by atoms with Crippen LogP contribution in [0.15, 0.2) is 65.7 Å². The zero-order chi connectivity index (χ0) is 25.2. The average molecular weight is 492 g/mol. The molecule has 184 valence electrons. The summed E-state index contributed by atoms with van der Waals surface area (Å²) in [6, 6.07) is 12.2. The number of benzene rings is 2. The van der Waals surface area contributed by atoms with Crippen molar-refractivity contribution in [2.75, 3.05) is 11.9 Å². The van der Waals surface area contributed by atoms with E-state index < -0.39 is 29.8 Å². The van der Waals surface area contributed by atoms with Crippen molar-refractivity contribution in [3.63, 3.8) is 0 Å². The number of carbonyl (C=O) groups is 1. The Bertz CT molecular complexity index is 1620. The van der Waals surface area contributed by atoms with Crippen LogP contribution in [0.3, 0.4) is 0 Å². The predicted molar refractivity (Wildman–Crippen MR) is 129 cm³/mol. The van der Waals surface area contributed by atoms with Crippen LogP contribution in [0, 0.1) is 11.6 Å². The number of hydrogen-bond donors (Lipinski definition) is 1. The third kappa shape index (κ3) is 4.54. The molecule has 1 amide bonds. The molecule has 2 aromatic carbocycles. The molecule has 0 saturated carbocycles. The first-order valence-electron chi connectivity index (χ1n) is 11.4. The number of fused-ring (bicyclic) bond motifs is 3. The van der Waals surface area contributed by atoms with Crippen molar-refractivity contribution >= 4 is 22.8 Å². The second-order valence-electron chi connectivity index (χ2n) is 8.19. The van der Waals surface area contributed by atoms with Gasteiger partial charge in [0.1, 0.15) is 29.4 Å². The number of aromatic nitrogens is 5. The Kier molecular flexibility index (Phi) is 6.19. The van der Waals surface area contributed by atoms with Gasteiger partial charge in [-0.25, -0.2) is 27.2 Å². The molecule has 1 N–H and O–H groups in total. The minimum absolute atomic E-state index is 0.192. The summed E-state index contributed by atoms with van der Waals surface area (Å²) < 4.78 is 36.5. The van der Waals surface area contributed by atoms with Crippen molar-refractivity contribution < 1.29 is 18.3 Å². The third-order valence-corrected chi connectivity index (χ3v) is 5.61. The van der Waals surface area contributed by atoms with E-state index in [1.54, 1.807) is 16.8 Å². The summed E-state index contributed by atoms with van der Waals surface area (Å²) in [6.45, 7) is 2.31. The molecule has 5 aromatic rings. The van der Waals surface area contributed by atoms with Gasteiger partial charge in [-0.2, -0.15) is 5.10 Å². The van der Waals surface area contributed by atoms with Crippen molar-refractivity contribution in [1.82, 2.24) is 23.8 Å². The average Bonchev–Trinajstić information content (AvgIpc) is 3.43. The number of nitrogens with one attached hydrogen (secondary N) is 1. The summed E-state index contributed by atoms with van der Waals surface area (Å²) in [5, 5.41) is 11.2. The van der Waals surface area contributed by atoms with E-state index >= 15 is 0 Å². The molecule has 0 aliphatic carbocycles. The molecule has 0 aliphatic heterocycles. The van der Waals surface area contributed by atoms with E-state index in [9.17, 15) is 18.4 Å². The topological polar surface area (TPSA) is 94.9 Å². The molecule has 0 aliphatic rings. The number of halogens is 2. The van der Waals surface area contributed by atoms with Gasteiger partial charge in [-0.1, -0.05) is 13.3 Å². The van der Waals surface area contributed by atoms with Crippen LogP contribution in [-0.2, 0) is 11.3 Å². The Hall–Kier alpha value is -4.54. The third-order valence-electron chi connectivity index (χ3n) is 5.61. The quantitative estimate of drug-likeness (QED) is 0.332. The fraction of sp³-hybridized carbons (Fsp3) is 0.200. The zero-order valence-corrected chi connectivity index (χ0v) is 19.3. The van der Waals surface area contributed by atoms with Crippen LogP contribution in [0.25, 0.3) is 22.4 Å². The van der Waals surface area contributed by atoms with Crippen molar-refractivity contribution in [2.45, 2.75) is 26.3 Å². The Labute approximate surface area is 203 Å². The summed E-state index contributed by atoms with van der Waals surface area (Å²) in [5.74, 6) is -1.58. The van der Waals surface area contributed by atoms with E-state index in [-0.39, 0.29) is 5.69 Å². The minimum atomic E-state index is -0.917. The molecule has 0 spiro atoms. The standard InChI is InChI=1S/C25H22F2N6O3/c1-2-3-12-36-18-7-4-16(5-8-18)21-14-22-24-30-33(25(35)31(24)10-11-32(22)29-21)15-23(34)28-20-9-6-17(26)13-19(20)27/h4-11,13-14H,2-3,12,15H2,1H3,(H,28,34). The molecule has 11 heteroatoms. The van der Waals surface area contributed by atoms with Gasteiger partial charge in [0.25, 0.3) is 0 Å². The summed E-state index contributed by atoms with van der Waals surface area (Å²) in [5.41, 5.74) is 1.68. The largest absolute Gasteiger partial charge is 0.494 e. The van der Waals surface area contributed by atoms with Gasteiger partial charge in [0, 0.05) is 24.0 Å². The molecule has 3 aromatic heterocycles. The van der Waals surface area contributed by atoms with Crippen molar-refractivity contribution in [2.24, 2.45) is 0 Å². The lowest BCUT2D eigenvalue weighted by Crippen LogP contribution is -2.28. The first-order valence-corrected chi connectivity index (χ1v) is 11.4. The molecular weight excluding hydrogens is 470 g/mol. The number of ether oxygens (including phenoxy) is 1. The van der Waals surface area contributed by atoms with Crippen molar-refractivity contribution in [1.29, 1.82) is 0 Å². The highest BCUT2D eigenvalue weighted by Gasteiger charge is 2.16. The lowest BCUT2D eigenvalue weighted by Gasteiger charge is -2.05. The molecule has 0 saturated heterocycles. The van der Waals surface area contributed by atoms with E-state index in [1.807, 2.05) is 24.3 Å². The highest BCUT2D eigenvalue weighted by Crippen LogP contribution is 2.24. The van der Waals surface area contributed by atoms with Crippen LogP contribution in [0.4, 0.5) is 14.5 Å². The molecule has 0 radical (unpaired) electrons. The molecule has 0 atom stereocenters. The van der Waals surface area contributed by atoms with E-state index in [0.29, 0.717) is 29.5 Å². The first-order chi connectivity index (χ1) is 17.4. The first kappa shape index (κ1) is 23.2. The number of amides is 1. The monoisotopic (exact) mass is 492 g/mol. The molecular formula is C25H22F2N6O3. The van der Waals surface area contributed by atoms with Crippen LogP contribution in [0.2, 0.25) is 0 Å². The van der Waals surface area contributed by atoms with Crippen molar-refractivity contribution in [3.05, 3.63) is 83.0 Å². The van der Waals surface area contributed by atoms with Crippen LogP contribution < -0.4 is 15.7 Å². The fourth-order valence-electron chi connectivity index (χ4n) is 3.75. The van der Waals surface area contributed by atoms with Gasteiger partial charge in [-0.15, -0.1) is 5.10 Å². The van der Waals surface area contributed by atoms with E-state index in [1.165, 1.54) is 10.6 Å². The lowest BCUT2D eigenvalue weighted by atomic mass is 10.1. The number of carbonyl (C=O) groups excluding carboxylic acids is 1. The molecule has 3 heterocycles. The van der Waals surface area contributed by atoms with Gasteiger partial charge in [0.2, 0.25) is 5.91 Å². The Balaban J connectivity index is 1.40. The smallest absolute Gasteiger partial charge is 0.350 e. The molecule has 0 fully saturated rings. The highest BCUT2D eigenvalue weighted by atomic mass is 19.1. The number of rotatable bonds is 8. The second-order valence-corrected chi connectivity index (χ2v) is 8.19. The number of anilines is 1. The van der Waals surface area contributed by atoms with Gasteiger partial charge in [0.05, 0.1) is 18.0 Å². The number of hydrogen-bond acceptors (Lipinski definition) is 5. The van der Waals surface area contributed by atoms with Crippen LogP contribution in [0.5, 0.6) is 5.75 Å². The Morgan fingerprint density at radius 2 is 1.86 bits per heavy atom. The molecule has 9 nitrogen and oxygen atoms in total. The van der Waals surface area contributed by atoms with Gasteiger partial charge < -0.3 is 10.1 Å². The zero-order valence-electron chi connectivity index (χ0n) is 19.3. The van der Waals surface area contributed by atoms with E-state index in [2.05, 4.69) is 22.4 Å². The van der Waals surface area contributed by atoms with E-state index in [4.69, 9.17) is 4.74 Å². The van der Waals surface area contributed by atoms with Gasteiger partial charge >= 0.3 is 5.69 Å².